The third kappa shape index (κ3) is 5.14. The molecule has 0 bridgehead atoms. The first-order valence-electron chi connectivity index (χ1n) is 11.2. The molecule has 172 valence electrons. The molecular weight excluding hydrogens is 416 g/mol. The number of aryl methyl sites for hydroxylation is 1. The van der Waals surface area contributed by atoms with Gasteiger partial charge in [0, 0.05) is 24.0 Å². The summed E-state index contributed by atoms with van der Waals surface area (Å²) in [5.41, 5.74) is 2.98. The molecule has 0 aliphatic carbocycles. The number of nitrogens with one attached hydrogen (secondary N) is 1. The van der Waals surface area contributed by atoms with Crippen LogP contribution in [-0.2, 0) is 6.54 Å². The molecule has 7 nitrogen and oxygen atoms in total. The number of anilines is 1. The number of para-hydroxylation sites is 2. The number of methoxy groups -OCH3 is 2. The molecule has 1 aliphatic heterocycles. The lowest BCUT2D eigenvalue weighted by Crippen LogP contribution is -2.34. The van der Waals surface area contributed by atoms with Crippen molar-refractivity contribution in [2.45, 2.75) is 38.8 Å². The fraction of sp³-hybridized carbons (Fsp3) is 0.346. The van der Waals surface area contributed by atoms with Gasteiger partial charge in [0.15, 0.2) is 11.5 Å². The predicted molar refractivity (Wildman–Crippen MR) is 128 cm³/mol. The van der Waals surface area contributed by atoms with Crippen LogP contribution in [0.15, 0.2) is 54.7 Å². The minimum absolute atomic E-state index is 0.0830. The highest BCUT2D eigenvalue weighted by Crippen LogP contribution is 2.35. The zero-order valence-electron chi connectivity index (χ0n) is 19.4. The first-order chi connectivity index (χ1) is 16.1. The molecule has 1 amide bonds. The van der Waals surface area contributed by atoms with Crippen LogP contribution in [-0.4, -0.2) is 41.5 Å². The van der Waals surface area contributed by atoms with Crippen molar-refractivity contribution in [1.82, 2.24) is 14.9 Å². The maximum Gasteiger partial charge on any atom is 0.259 e. The number of piperidine rings is 1. The number of hydrogen-bond acceptors (Lipinski definition) is 6. The van der Waals surface area contributed by atoms with Gasteiger partial charge in [-0.15, -0.1) is 0 Å². The zero-order chi connectivity index (χ0) is 23.2. The number of amides is 1. The zero-order valence-corrected chi connectivity index (χ0v) is 19.4. The molecule has 1 fully saturated rings. The molecule has 4 rings (SSSR count). The van der Waals surface area contributed by atoms with E-state index in [1.165, 1.54) is 0 Å². The molecule has 2 aromatic carbocycles. The molecular formula is C26H30N4O3. The summed E-state index contributed by atoms with van der Waals surface area (Å²) >= 11 is 0. The minimum atomic E-state index is -0.202. The normalized spacial score (nSPS) is 16.3. The topological polar surface area (TPSA) is 76.6 Å². The number of benzene rings is 2. The summed E-state index contributed by atoms with van der Waals surface area (Å²) in [6.45, 7) is 3.52. The fourth-order valence-corrected chi connectivity index (χ4v) is 4.36. The molecule has 3 aromatic rings. The summed E-state index contributed by atoms with van der Waals surface area (Å²) in [5, 5.41) is 2.91. The number of aromatic nitrogens is 2. The molecule has 1 saturated heterocycles. The number of rotatable bonds is 7. The molecule has 0 saturated carbocycles. The van der Waals surface area contributed by atoms with Gasteiger partial charge in [0.05, 0.1) is 31.5 Å². The van der Waals surface area contributed by atoms with Gasteiger partial charge in [-0.05, 0) is 44.5 Å². The molecule has 0 unspecified atom stereocenters. The summed E-state index contributed by atoms with van der Waals surface area (Å²) in [6, 6.07) is 15.4. The van der Waals surface area contributed by atoms with E-state index in [1.807, 2.05) is 49.4 Å². The molecule has 7 heteroatoms. The predicted octanol–water partition coefficient (Wildman–Crippen LogP) is 4.78. The Morgan fingerprint density at radius 1 is 1.09 bits per heavy atom. The molecule has 1 aromatic heterocycles. The van der Waals surface area contributed by atoms with E-state index in [0.717, 1.165) is 54.4 Å². The van der Waals surface area contributed by atoms with Crippen LogP contribution in [0.2, 0.25) is 0 Å². The van der Waals surface area contributed by atoms with Crippen LogP contribution in [0.5, 0.6) is 11.5 Å². The van der Waals surface area contributed by atoms with E-state index in [1.54, 1.807) is 20.4 Å². The number of ether oxygens (including phenoxy) is 2. The van der Waals surface area contributed by atoms with Crippen LogP contribution >= 0.6 is 0 Å². The first kappa shape index (κ1) is 22.7. The van der Waals surface area contributed by atoms with Gasteiger partial charge >= 0.3 is 0 Å². The van der Waals surface area contributed by atoms with Crippen molar-refractivity contribution in [3.63, 3.8) is 0 Å². The molecule has 0 spiro atoms. The van der Waals surface area contributed by atoms with E-state index in [9.17, 15) is 4.79 Å². The Hall–Kier alpha value is -3.45. The van der Waals surface area contributed by atoms with Gasteiger partial charge in [-0.1, -0.05) is 36.8 Å². The third-order valence-corrected chi connectivity index (χ3v) is 6.04. The Morgan fingerprint density at radius 3 is 2.64 bits per heavy atom. The first-order valence-corrected chi connectivity index (χ1v) is 11.2. The van der Waals surface area contributed by atoms with E-state index >= 15 is 0 Å². The van der Waals surface area contributed by atoms with Gasteiger partial charge in [-0.2, -0.15) is 0 Å². The van der Waals surface area contributed by atoms with Crippen LogP contribution in [0.25, 0.3) is 0 Å². The lowest BCUT2D eigenvalue weighted by Gasteiger charge is -2.35. The Kier molecular flexibility index (Phi) is 7.19. The highest BCUT2D eigenvalue weighted by molar-refractivity contribution is 6.04. The lowest BCUT2D eigenvalue weighted by atomic mass is 9.99. The Morgan fingerprint density at radius 2 is 1.91 bits per heavy atom. The van der Waals surface area contributed by atoms with Gasteiger partial charge in [0.25, 0.3) is 5.91 Å². The molecule has 1 atom stereocenters. The second-order valence-electron chi connectivity index (χ2n) is 8.18. The van der Waals surface area contributed by atoms with Crippen molar-refractivity contribution in [2.24, 2.45) is 0 Å². The second-order valence-corrected chi connectivity index (χ2v) is 8.18. The number of carbonyl (C=O) groups is 1. The van der Waals surface area contributed by atoms with Gasteiger partial charge < -0.3 is 14.8 Å². The van der Waals surface area contributed by atoms with Gasteiger partial charge in [0.1, 0.15) is 5.82 Å². The van der Waals surface area contributed by atoms with Crippen LogP contribution in [0, 0.1) is 6.92 Å². The Labute approximate surface area is 194 Å². The highest BCUT2D eigenvalue weighted by Gasteiger charge is 2.28. The van der Waals surface area contributed by atoms with Crippen molar-refractivity contribution in [3.05, 3.63) is 77.4 Å². The number of nitrogens with zero attached hydrogens (tertiary/aromatic N) is 3. The summed E-state index contributed by atoms with van der Waals surface area (Å²) in [5.74, 6) is 2.04. The fourth-order valence-electron chi connectivity index (χ4n) is 4.36. The van der Waals surface area contributed by atoms with Crippen molar-refractivity contribution < 1.29 is 14.3 Å². The van der Waals surface area contributed by atoms with E-state index in [2.05, 4.69) is 21.3 Å². The van der Waals surface area contributed by atoms with Crippen molar-refractivity contribution in [1.29, 1.82) is 0 Å². The summed E-state index contributed by atoms with van der Waals surface area (Å²) in [4.78, 5) is 24.5. The highest BCUT2D eigenvalue weighted by atomic mass is 16.5. The van der Waals surface area contributed by atoms with Gasteiger partial charge in [0.2, 0.25) is 0 Å². The summed E-state index contributed by atoms with van der Waals surface area (Å²) in [6.07, 6.45) is 4.87. The van der Waals surface area contributed by atoms with Crippen LogP contribution < -0.4 is 14.8 Å². The van der Waals surface area contributed by atoms with Gasteiger partial charge in [-0.25, -0.2) is 9.97 Å². The molecule has 1 aliphatic rings. The van der Waals surface area contributed by atoms with Crippen molar-refractivity contribution in [3.8, 4) is 11.5 Å². The molecule has 2 heterocycles. The monoisotopic (exact) mass is 446 g/mol. The van der Waals surface area contributed by atoms with E-state index in [4.69, 9.17) is 14.5 Å². The molecule has 0 radical (unpaired) electrons. The van der Waals surface area contributed by atoms with Gasteiger partial charge in [-0.3, -0.25) is 9.69 Å². The van der Waals surface area contributed by atoms with E-state index in [0.29, 0.717) is 17.8 Å². The summed E-state index contributed by atoms with van der Waals surface area (Å²) < 4.78 is 11.1. The van der Waals surface area contributed by atoms with Crippen molar-refractivity contribution >= 4 is 11.6 Å². The van der Waals surface area contributed by atoms with Crippen molar-refractivity contribution in [2.75, 3.05) is 26.1 Å². The Balaban J connectivity index is 1.55. The van der Waals surface area contributed by atoms with Crippen LogP contribution in [0.4, 0.5) is 5.69 Å². The van der Waals surface area contributed by atoms with Crippen LogP contribution in [0.1, 0.15) is 52.7 Å². The quantitative estimate of drug-likeness (QED) is 0.563. The smallest absolute Gasteiger partial charge is 0.259 e. The lowest BCUT2D eigenvalue weighted by molar-refractivity contribution is 0.102. The molecule has 1 N–H and O–H groups in total. The minimum Gasteiger partial charge on any atom is -0.493 e. The van der Waals surface area contributed by atoms with E-state index in [-0.39, 0.29) is 11.9 Å². The SMILES string of the molecule is COc1cccc(CN2CCCC[C@H]2c2ncc(C(=O)Nc3ccccc3)c(C)n2)c1OC. The second kappa shape index (κ2) is 10.4. The molecule has 33 heavy (non-hydrogen) atoms. The standard InChI is InChI=1S/C26H30N4O3/c1-18-21(26(31)29-20-11-5-4-6-12-20)16-27-25(28-18)22-13-7-8-15-30(22)17-19-10-9-14-23(32-2)24(19)33-3/h4-6,9-12,14,16,22H,7-8,13,15,17H2,1-3H3,(H,29,31)/t22-/m0/s1. The average Bonchev–Trinajstić information content (AvgIpc) is 2.84. The number of likely N-dealkylation sites (tertiary alicyclic amines) is 1. The maximum atomic E-state index is 12.7. The van der Waals surface area contributed by atoms with Crippen LogP contribution in [0.3, 0.4) is 0 Å². The maximum absolute atomic E-state index is 12.7. The average molecular weight is 447 g/mol. The van der Waals surface area contributed by atoms with E-state index < -0.39 is 0 Å². The number of carbonyl (C=O) groups excluding carboxylic acids is 1. The Bertz CT molecular complexity index is 1100. The number of hydrogen-bond donors (Lipinski definition) is 1. The third-order valence-electron chi connectivity index (χ3n) is 6.04. The summed E-state index contributed by atoms with van der Waals surface area (Å²) in [7, 11) is 3.32. The largest absolute Gasteiger partial charge is 0.493 e.